The maximum atomic E-state index is 13.4. The highest BCUT2D eigenvalue weighted by Gasteiger charge is 2.34. The van der Waals surface area contributed by atoms with Crippen molar-refractivity contribution < 1.29 is 22.4 Å². The predicted octanol–water partition coefficient (Wildman–Crippen LogP) is 5.26. The number of imidazole rings is 1. The Morgan fingerprint density at radius 1 is 1.33 bits per heavy atom. The first-order valence-electron chi connectivity index (χ1n) is 9.49. The second-order valence-electron chi connectivity index (χ2n) is 7.16. The number of nitrogens with one attached hydrogen (secondary N) is 2. The zero-order valence-electron chi connectivity index (χ0n) is 16.5. The van der Waals surface area contributed by atoms with Gasteiger partial charge in [0.2, 0.25) is 0 Å². The first-order chi connectivity index (χ1) is 14.1. The highest BCUT2D eigenvalue weighted by atomic mass is 32.1. The first kappa shape index (κ1) is 22.2. The van der Waals surface area contributed by atoms with Crippen molar-refractivity contribution in [1.29, 1.82) is 0 Å². The van der Waals surface area contributed by atoms with Crippen LogP contribution in [-0.4, -0.2) is 27.9 Å². The third-order valence-electron chi connectivity index (χ3n) is 4.62. The lowest BCUT2D eigenvalue weighted by atomic mass is 10.1. The molecule has 0 aliphatic carbocycles. The van der Waals surface area contributed by atoms with Crippen LogP contribution in [-0.2, 0) is 6.18 Å². The average molecular weight is 442 g/mol. The summed E-state index contributed by atoms with van der Waals surface area (Å²) in [6, 6.07) is 2.68. The summed E-state index contributed by atoms with van der Waals surface area (Å²) in [5.74, 6) is -1.52. The Morgan fingerprint density at radius 3 is 2.63 bits per heavy atom. The summed E-state index contributed by atoms with van der Waals surface area (Å²) < 4.78 is 54.0. The number of hydrogen-bond acceptors (Lipinski definition) is 4. The van der Waals surface area contributed by atoms with Crippen molar-refractivity contribution in [2.75, 3.05) is 11.9 Å². The number of anilines is 1. The maximum Gasteiger partial charge on any atom is 0.420 e. The minimum absolute atomic E-state index is 0.0972. The fraction of sp³-hybridized carbons (Fsp3) is 0.400. The van der Waals surface area contributed by atoms with Gasteiger partial charge in [0.15, 0.2) is 0 Å². The van der Waals surface area contributed by atoms with Gasteiger partial charge in [0.25, 0.3) is 5.91 Å². The summed E-state index contributed by atoms with van der Waals surface area (Å²) in [5.41, 5.74) is -0.923. The molecule has 162 valence electrons. The van der Waals surface area contributed by atoms with Gasteiger partial charge >= 0.3 is 6.18 Å². The Hall–Kier alpha value is -2.46. The van der Waals surface area contributed by atoms with Crippen molar-refractivity contribution in [3.05, 3.63) is 51.9 Å². The molecule has 1 aliphatic heterocycles. The lowest BCUT2D eigenvalue weighted by Gasteiger charge is -2.18. The van der Waals surface area contributed by atoms with Crippen LogP contribution in [0.15, 0.2) is 29.9 Å². The number of thiophene rings is 1. The van der Waals surface area contributed by atoms with Gasteiger partial charge in [-0.3, -0.25) is 4.79 Å². The van der Waals surface area contributed by atoms with E-state index in [1.807, 2.05) is 0 Å². The lowest BCUT2D eigenvalue weighted by Crippen LogP contribution is -2.30. The van der Waals surface area contributed by atoms with Crippen LogP contribution in [0.1, 0.15) is 47.1 Å². The van der Waals surface area contributed by atoms with Gasteiger partial charge in [-0.05, 0) is 50.7 Å². The Balaban J connectivity index is 0.000000310. The summed E-state index contributed by atoms with van der Waals surface area (Å²) >= 11 is 0.866. The van der Waals surface area contributed by atoms with Gasteiger partial charge in [-0.25, -0.2) is 9.37 Å². The molecular weight excluding hydrogens is 420 g/mol. The number of aryl methyl sites for hydroxylation is 1. The largest absolute Gasteiger partial charge is 0.420 e. The summed E-state index contributed by atoms with van der Waals surface area (Å²) in [5, 5.41) is 7.05. The molecule has 30 heavy (non-hydrogen) atoms. The van der Waals surface area contributed by atoms with Gasteiger partial charge in [0, 0.05) is 18.4 Å². The van der Waals surface area contributed by atoms with Gasteiger partial charge in [-0.2, -0.15) is 13.2 Å². The van der Waals surface area contributed by atoms with Crippen molar-refractivity contribution >= 4 is 28.6 Å². The molecule has 1 atom stereocenters. The number of alkyl halides is 3. The maximum absolute atomic E-state index is 13.4. The number of amides is 1. The molecule has 3 aromatic heterocycles. The van der Waals surface area contributed by atoms with Crippen LogP contribution >= 0.6 is 11.3 Å². The molecule has 3 aromatic rings. The van der Waals surface area contributed by atoms with Gasteiger partial charge in [-0.1, -0.05) is 6.42 Å². The van der Waals surface area contributed by atoms with E-state index in [1.54, 1.807) is 6.92 Å². The van der Waals surface area contributed by atoms with Crippen LogP contribution in [0.25, 0.3) is 5.65 Å². The molecule has 1 aliphatic rings. The second kappa shape index (κ2) is 9.13. The Morgan fingerprint density at radius 2 is 2.10 bits per heavy atom. The number of aromatic nitrogens is 2. The molecule has 4 heterocycles. The van der Waals surface area contributed by atoms with Crippen LogP contribution in [0.2, 0.25) is 0 Å². The summed E-state index contributed by atoms with van der Waals surface area (Å²) in [6.45, 7) is 5.05. The van der Waals surface area contributed by atoms with Gasteiger partial charge in [0.05, 0.1) is 11.4 Å². The quantitative estimate of drug-likeness (QED) is 0.532. The fourth-order valence-corrected chi connectivity index (χ4v) is 3.83. The number of pyridine rings is 1. The standard InChI is InChI=1S/C14H9F4N3OS.C6H13N/c1-7-5-21-6-8(4-9(12(21)19-7)14(16,17)18)20-13(22)11-10(15)2-3-23-11;1-6-4-2-3-5-7-6/h2-6H,1H3,(H,20,22);6-7H,2-5H2,1H3. The highest BCUT2D eigenvalue weighted by Crippen LogP contribution is 2.34. The number of fused-ring (bicyclic) bond motifs is 1. The van der Waals surface area contributed by atoms with Gasteiger partial charge in [0.1, 0.15) is 21.9 Å². The van der Waals surface area contributed by atoms with Gasteiger partial charge < -0.3 is 15.0 Å². The van der Waals surface area contributed by atoms with E-state index < -0.39 is 23.5 Å². The molecule has 1 amide bonds. The summed E-state index contributed by atoms with van der Waals surface area (Å²) in [4.78, 5) is 15.6. The third-order valence-corrected chi connectivity index (χ3v) is 5.50. The van der Waals surface area contributed by atoms with E-state index >= 15 is 0 Å². The molecule has 1 fully saturated rings. The SMILES string of the molecule is CC1CCCCN1.Cc1cn2cc(NC(=O)c3sccc3F)cc(C(F)(F)F)c2n1. The monoisotopic (exact) mass is 442 g/mol. The molecule has 10 heteroatoms. The Bertz CT molecular complexity index is 1020. The Kier molecular flexibility index (Phi) is 6.77. The van der Waals surface area contributed by atoms with E-state index in [2.05, 4.69) is 22.5 Å². The topological polar surface area (TPSA) is 58.4 Å². The number of carbonyl (C=O) groups excluding carboxylic acids is 1. The van der Waals surface area contributed by atoms with Crippen molar-refractivity contribution in [2.24, 2.45) is 0 Å². The molecule has 0 aromatic carbocycles. The van der Waals surface area contributed by atoms with E-state index in [0.29, 0.717) is 5.69 Å². The van der Waals surface area contributed by atoms with Crippen LogP contribution in [0, 0.1) is 12.7 Å². The van der Waals surface area contributed by atoms with Crippen molar-refractivity contribution in [1.82, 2.24) is 14.7 Å². The number of hydrogen-bond donors (Lipinski definition) is 2. The zero-order chi connectivity index (χ0) is 21.9. The van der Waals surface area contributed by atoms with Crippen molar-refractivity contribution in [3.63, 3.8) is 0 Å². The van der Waals surface area contributed by atoms with E-state index in [-0.39, 0.29) is 16.2 Å². The zero-order valence-corrected chi connectivity index (χ0v) is 17.3. The van der Waals surface area contributed by atoms with E-state index in [1.165, 1.54) is 48.0 Å². The van der Waals surface area contributed by atoms with Gasteiger partial charge in [-0.15, -0.1) is 11.3 Å². The summed E-state index contributed by atoms with van der Waals surface area (Å²) in [7, 11) is 0. The second-order valence-corrected chi connectivity index (χ2v) is 8.07. The number of halogens is 4. The molecule has 0 bridgehead atoms. The molecule has 0 radical (unpaired) electrons. The molecule has 4 rings (SSSR count). The van der Waals surface area contributed by atoms with E-state index in [9.17, 15) is 22.4 Å². The summed E-state index contributed by atoms with van der Waals surface area (Å²) in [6.07, 6.45) is 2.26. The van der Waals surface area contributed by atoms with Crippen molar-refractivity contribution in [3.8, 4) is 0 Å². The predicted molar refractivity (Wildman–Crippen MR) is 108 cm³/mol. The molecule has 1 unspecified atom stereocenters. The number of piperidine rings is 1. The minimum Gasteiger partial charge on any atom is -0.320 e. The van der Waals surface area contributed by atoms with Crippen LogP contribution < -0.4 is 10.6 Å². The highest BCUT2D eigenvalue weighted by molar-refractivity contribution is 7.12. The van der Waals surface area contributed by atoms with E-state index in [4.69, 9.17) is 0 Å². The smallest absolute Gasteiger partial charge is 0.320 e. The molecule has 0 spiro atoms. The first-order valence-corrected chi connectivity index (χ1v) is 10.4. The number of nitrogens with zero attached hydrogens (tertiary/aromatic N) is 2. The minimum atomic E-state index is -4.63. The fourth-order valence-electron chi connectivity index (χ4n) is 3.17. The van der Waals surface area contributed by atoms with Crippen LogP contribution in [0.3, 0.4) is 0 Å². The number of carbonyl (C=O) groups is 1. The molecule has 1 saturated heterocycles. The lowest BCUT2D eigenvalue weighted by molar-refractivity contribution is -0.136. The normalized spacial score (nSPS) is 16.8. The Labute approximate surface area is 175 Å². The van der Waals surface area contributed by atoms with Crippen LogP contribution in [0.5, 0.6) is 0 Å². The third kappa shape index (κ3) is 5.37. The average Bonchev–Trinajstić information content (AvgIpc) is 3.26. The number of rotatable bonds is 2. The van der Waals surface area contributed by atoms with E-state index in [0.717, 1.165) is 29.5 Å². The molecule has 2 N–H and O–H groups in total. The van der Waals surface area contributed by atoms with Crippen LogP contribution in [0.4, 0.5) is 23.2 Å². The molecule has 0 saturated carbocycles. The molecule has 5 nitrogen and oxygen atoms in total. The van der Waals surface area contributed by atoms with Crippen molar-refractivity contribution in [2.45, 2.75) is 45.3 Å². The molecular formula is C20H22F4N4OS.